The highest BCUT2D eigenvalue weighted by molar-refractivity contribution is 5.81. The van der Waals surface area contributed by atoms with Gasteiger partial charge >= 0.3 is 0 Å². The Balaban J connectivity index is 1.82. The molecule has 0 unspecified atom stereocenters. The van der Waals surface area contributed by atoms with Crippen molar-refractivity contribution >= 4 is 11.6 Å². The summed E-state index contributed by atoms with van der Waals surface area (Å²) in [5.41, 5.74) is 7.75. The van der Waals surface area contributed by atoms with E-state index in [1.807, 2.05) is 36.2 Å². The second-order valence-corrected chi connectivity index (χ2v) is 5.98. The van der Waals surface area contributed by atoms with Crippen LogP contribution in [0, 0.1) is 0 Å². The van der Waals surface area contributed by atoms with Crippen LogP contribution < -0.4 is 16.0 Å². The van der Waals surface area contributed by atoms with Crippen molar-refractivity contribution in [1.29, 1.82) is 0 Å². The first-order valence-corrected chi connectivity index (χ1v) is 7.98. The minimum absolute atomic E-state index is 0.118. The zero-order chi connectivity index (χ0) is 15.1. The lowest BCUT2D eigenvalue weighted by Crippen LogP contribution is -2.40. The third-order valence-electron chi connectivity index (χ3n) is 4.21. The fourth-order valence-corrected chi connectivity index (χ4v) is 2.89. The SMILES string of the molecule is CN(CC(=O)NC1CCCCCC1)c1ccc(CN)cc1. The lowest BCUT2D eigenvalue weighted by molar-refractivity contribution is -0.120. The Hall–Kier alpha value is -1.55. The van der Waals surface area contributed by atoms with Gasteiger partial charge in [-0.25, -0.2) is 0 Å². The van der Waals surface area contributed by atoms with Gasteiger partial charge in [0.25, 0.3) is 0 Å². The average Bonchev–Trinajstić information content (AvgIpc) is 2.75. The molecule has 4 heteroatoms. The van der Waals surface area contributed by atoms with Gasteiger partial charge in [-0.15, -0.1) is 0 Å². The summed E-state index contributed by atoms with van der Waals surface area (Å²) in [6.45, 7) is 0.949. The molecule has 1 aromatic rings. The van der Waals surface area contributed by atoms with Gasteiger partial charge < -0.3 is 16.0 Å². The molecule has 0 aliphatic heterocycles. The number of carbonyl (C=O) groups excluding carboxylic acids is 1. The van der Waals surface area contributed by atoms with Crippen LogP contribution in [-0.4, -0.2) is 25.5 Å². The first-order valence-electron chi connectivity index (χ1n) is 7.98. The second kappa shape index (κ2) is 8.03. The van der Waals surface area contributed by atoms with E-state index in [9.17, 15) is 4.79 Å². The molecule has 0 radical (unpaired) electrons. The summed E-state index contributed by atoms with van der Waals surface area (Å²) < 4.78 is 0. The van der Waals surface area contributed by atoms with E-state index in [1.54, 1.807) is 0 Å². The Bertz CT molecular complexity index is 436. The van der Waals surface area contributed by atoms with E-state index in [2.05, 4.69) is 5.32 Å². The quantitative estimate of drug-likeness (QED) is 0.818. The molecule has 0 heterocycles. The summed E-state index contributed by atoms with van der Waals surface area (Å²) in [5.74, 6) is 0.118. The standard InChI is InChI=1S/C17H27N3O/c1-20(16-10-8-14(12-18)9-11-16)13-17(21)19-15-6-4-2-3-5-7-15/h8-11,15H,2-7,12-13,18H2,1H3,(H,19,21). The number of nitrogens with zero attached hydrogens (tertiary/aromatic N) is 1. The second-order valence-electron chi connectivity index (χ2n) is 5.98. The van der Waals surface area contributed by atoms with Gasteiger partial charge in [-0.1, -0.05) is 37.8 Å². The average molecular weight is 289 g/mol. The highest BCUT2D eigenvalue weighted by Crippen LogP contribution is 2.17. The molecule has 3 N–H and O–H groups in total. The van der Waals surface area contributed by atoms with Crippen molar-refractivity contribution in [2.24, 2.45) is 5.73 Å². The van der Waals surface area contributed by atoms with Crippen molar-refractivity contribution in [3.63, 3.8) is 0 Å². The van der Waals surface area contributed by atoms with Gasteiger partial charge in [-0.05, 0) is 30.5 Å². The molecule has 1 saturated carbocycles. The third kappa shape index (κ3) is 5.05. The van der Waals surface area contributed by atoms with E-state index >= 15 is 0 Å². The smallest absolute Gasteiger partial charge is 0.239 e. The van der Waals surface area contributed by atoms with Gasteiger partial charge in [0.05, 0.1) is 6.54 Å². The molecular formula is C17H27N3O. The largest absolute Gasteiger partial charge is 0.365 e. The number of hydrogen-bond acceptors (Lipinski definition) is 3. The fourth-order valence-electron chi connectivity index (χ4n) is 2.89. The van der Waals surface area contributed by atoms with Crippen molar-refractivity contribution in [3.05, 3.63) is 29.8 Å². The molecule has 1 aromatic carbocycles. The number of nitrogens with two attached hydrogens (primary N) is 1. The molecular weight excluding hydrogens is 262 g/mol. The van der Waals surface area contributed by atoms with Gasteiger partial charge in [0.1, 0.15) is 0 Å². The zero-order valence-corrected chi connectivity index (χ0v) is 13.0. The van der Waals surface area contributed by atoms with Gasteiger partial charge in [0.2, 0.25) is 5.91 Å². The summed E-state index contributed by atoms with van der Waals surface area (Å²) >= 11 is 0. The molecule has 0 atom stereocenters. The molecule has 1 aliphatic rings. The molecule has 1 fully saturated rings. The highest BCUT2D eigenvalue weighted by atomic mass is 16.2. The van der Waals surface area contributed by atoms with Crippen LogP contribution in [0.25, 0.3) is 0 Å². The molecule has 2 rings (SSSR count). The van der Waals surface area contributed by atoms with Crippen molar-refractivity contribution in [1.82, 2.24) is 5.32 Å². The topological polar surface area (TPSA) is 58.4 Å². The maximum Gasteiger partial charge on any atom is 0.239 e. The van der Waals surface area contributed by atoms with Crippen molar-refractivity contribution in [2.75, 3.05) is 18.5 Å². The van der Waals surface area contributed by atoms with Crippen LogP contribution in [0.5, 0.6) is 0 Å². The van der Waals surface area contributed by atoms with Crippen LogP contribution in [0.3, 0.4) is 0 Å². The Morgan fingerprint density at radius 1 is 1.19 bits per heavy atom. The molecule has 0 aromatic heterocycles. The van der Waals surface area contributed by atoms with E-state index in [4.69, 9.17) is 5.73 Å². The Labute approximate surface area is 127 Å². The summed E-state index contributed by atoms with van der Waals surface area (Å²) in [7, 11) is 1.95. The number of rotatable bonds is 5. The number of likely N-dealkylation sites (N-methyl/N-ethyl adjacent to an activating group) is 1. The van der Waals surface area contributed by atoms with Crippen molar-refractivity contribution in [2.45, 2.75) is 51.1 Å². The van der Waals surface area contributed by atoms with Crippen LogP contribution in [0.2, 0.25) is 0 Å². The number of nitrogens with one attached hydrogen (secondary N) is 1. The van der Waals surface area contributed by atoms with E-state index in [0.29, 0.717) is 19.1 Å². The molecule has 1 amide bonds. The third-order valence-corrected chi connectivity index (χ3v) is 4.21. The number of carbonyl (C=O) groups is 1. The monoisotopic (exact) mass is 289 g/mol. The minimum atomic E-state index is 0.118. The van der Waals surface area contributed by atoms with Crippen LogP contribution in [0.15, 0.2) is 24.3 Å². The molecule has 0 spiro atoms. The lowest BCUT2D eigenvalue weighted by atomic mass is 10.1. The predicted octanol–water partition coefficient (Wildman–Crippen LogP) is 2.42. The predicted molar refractivity (Wildman–Crippen MR) is 87.2 cm³/mol. The van der Waals surface area contributed by atoms with E-state index in [-0.39, 0.29) is 5.91 Å². The normalized spacial score (nSPS) is 16.3. The Kier molecular flexibility index (Phi) is 6.05. The van der Waals surface area contributed by atoms with Gasteiger partial charge in [0.15, 0.2) is 0 Å². The van der Waals surface area contributed by atoms with Gasteiger partial charge in [0, 0.05) is 25.3 Å². The van der Waals surface area contributed by atoms with Crippen molar-refractivity contribution < 1.29 is 4.79 Å². The number of anilines is 1. The molecule has 116 valence electrons. The Morgan fingerprint density at radius 2 is 1.81 bits per heavy atom. The lowest BCUT2D eigenvalue weighted by Gasteiger charge is -2.22. The van der Waals surface area contributed by atoms with E-state index < -0.39 is 0 Å². The molecule has 1 aliphatic carbocycles. The maximum atomic E-state index is 12.2. The van der Waals surface area contributed by atoms with Crippen LogP contribution in [0.1, 0.15) is 44.1 Å². The first-order chi connectivity index (χ1) is 10.2. The van der Waals surface area contributed by atoms with Crippen LogP contribution in [-0.2, 0) is 11.3 Å². The maximum absolute atomic E-state index is 12.2. The fraction of sp³-hybridized carbons (Fsp3) is 0.588. The van der Waals surface area contributed by atoms with Crippen LogP contribution in [0.4, 0.5) is 5.69 Å². The van der Waals surface area contributed by atoms with Crippen LogP contribution >= 0.6 is 0 Å². The summed E-state index contributed by atoms with van der Waals surface area (Å²) in [4.78, 5) is 14.1. The summed E-state index contributed by atoms with van der Waals surface area (Å²) in [6.07, 6.45) is 7.34. The van der Waals surface area contributed by atoms with E-state index in [0.717, 1.165) is 24.1 Å². The molecule has 0 bridgehead atoms. The number of amides is 1. The molecule has 21 heavy (non-hydrogen) atoms. The molecule has 0 saturated heterocycles. The highest BCUT2D eigenvalue weighted by Gasteiger charge is 2.15. The summed E-state index contributed by atoms with van der Waals surface area (Å²) in [5, 5.41) is 3.18. The minimum Gasteiger partial charge on any atom is -0.365 e. The van der Waals surface area contributed by atoms with Gasteiger partial charge in [-0.2, -0.15) is 0 Å². The first kappa shape index (κ1) is 15.8. The van der Waals surface area contributed by atoms with Crippen molar-refractivity contribution in [3.8, 4) is 0 Å². The number of benzene rings is 1. The van der Waals surface area contributed by atoms with Gasteiger partial charge in [-0.3, -0.25) is 4.79 Å². The summed E-state index contributed by atoms with van der Waals surface area (Å²) in [6, 6.07) is 8.42. The number of hydrogen-bond donors (Lipinski definition) is 2. The zero-order valence-electron chi connectivity index (χ0n) is 13.0. The molecule has 4 nitrogen and oxygen atoms in total. The van der Waals surface area contributed by atoms with E-state index in [1.165, 1.54) is 25.7 Å². The Morgan fingerprint density at radius 3 is 2.38 bits per heavy atom.